The van der Waals surface area contributed by atoms with Gasteiger partial charge in [-0.1, -0.05) is 0 Å². The Labute approximate surface area is 107 Å². The highest BCUT2D eigenvalue weighted by Crippen LogP contribution is 2.20. The van der Waals surface area contributed by atoms with Gasteiger partial charge in [-0.3, -0.25) is 9.69 Å². The molecule has 18 heavy (non-hydrogen) atoms. The Bertz CT molecular complexity index is 317. The first-order chi connectivity index (χ1) is 8.34. The number of aliphatic hydroxyl groups is 1. The molecule has 104 valence electrons. The third-order valence-electron chi connectivity index (χ3n) is 3.06. The van der Waals surface area contributed by atoms with E-state index >= 15 is 0 Å². The monoisotopic (exact) mass is 258 g/mol. The number of methoxy groups -OCH3 is 1. The molecule has 1 saturated heterocycles. The lowest BCUT2D eigenvalue weighted by atomic mass is 9.95. The molecule has 1 aliphatic heterocycles. The predicted molar refractivity (Wildman–Crippen MR) is 65.9 cm³/mol. The number of nitrogens with one attached hydrogen (secondary N) is 1. The lowest BCUT2D eigenvalue weighted by Crippen LogP contribution is -2.53. The lowest BCUT2D eigenvalue weighted by Gasteiger charge is -2.38. The Morgan fingerprint density at radius 1 is 1.56 bits per heavy atom. The van der Waals surface area contributed by atoms with Gasteiger partial charge in [0.1, 0.15) is 6.04 Å². The number of ether oxygens (including phenoxy) is 1. The van der Waals surface area contributed by atoms with Crippen LogP contribution in [0.25, 0.3) is 0 Å². The molecular weight excluding hydrogens is 236 g/mol. The van der Waals surface area contributed by atoms with Gasteiger partial charge in [0.15, 0.2) is 0 Å². The number of piperidine rings is 1. The SMILES string of the molecule is COC(=O)C(CN1CCCC(C)(O)C1)NC(C)=O. The second-order valence-corrected chi connectivity index (χ2v) is 5.11. The van der Waals surface area contributed by atoms with Crippen molar-refractivity contribution in [2.45, 2.75) is 38.3 Å². The fourth-order valence-electron chi connectivity index (χ4n) is 2.30. The number of likely N-dealkylation sites (tertiary alicyclic amines) is 1. The molecule has 2 unspecified atom stereocenters. The zero-order valence-electron chi connectivity index (χ0n) is 11.2. The number of carbonyl (C=O) groups excluding carboxylic acids is 2. The van der Waals surface area contributed by atoms with Crippen LogP contribution in [0.4, 0.5) is 0 Å². The standard InChI is InChI=1S/C12H22N2O4/c1-9(15)13-10(11(16)18-3)7-14-6-4-5-12(2,17)8-14/h10,17H,4-8H2,1-3H3,(H,13,15). The van der Waals surface area contributed by atoms with Crippen molar-refractivity contribution >= 4 is 11.9 Å². The number of esters is 1. The van der Waals surface area contributed by atoms with Crippen molar-refractivity contribution < 1.29 is 19.4 Å². The van der Waals surface area contributed by atoms with Gasteiger partial charge in [0.2, 0.25) is 5.91 Å². The normalized spacial score (nSPS) is 26.4. The van der Waals surface area contributed by atoms with Crippen molar-refractivity contribution in [3.63, 3.8) is 0 Å². The van der Waals surface area contributed by atoms with E-state index in [4.69, 9.17) is 0 Å². The number of rotatable bonds is 4. The highest BCUT2D eigenvalue weighted by Gasteiger charge is 2.31. The maximum Gasteiger partial charge on any atom is 0.329 e. The molecule has 1 heterocycles. The Morgan fingerprint density at radius 2 is 2.22 bits per heavy atom. The average molecular weight is 258 g/mol. The maximum atomic E-state index is 11.6. The van der Waals surface area contributed by atoms with E-state index in [9.17, 15) is 14.7 Å². The third-order valence-corrected chi connectivity index (χ3v) is 3.06. The van der Waals surface area contributed by atoms with Gasteiger partial charge in [0.25, 0.3) is 0 Å². The molecule has 0 aromatic rings. The van der Waals surface area contributed by atoms with E-state index in [1.54, 1.807) is 6.92 Å². The Balaban J connectivity index is 2.59. The highest BCUT2D eigenvalue weighted by molar-refractivity contribution is 5.83. The van der Waals surface area contributed by atoms with Gasteiger partial charge in [-0.05, 0) is 26.3 Å². The molecule has 0 aromatic heterocycles. The molecule has 0 bridgehead atoms. The van der Waals surface area contributed by atoms with Crippen molar-refractivity contribution in [1.29, 1.82) is 0 Å². The van der Waals surface area contributed by atoms with Crippen LogP contribution in [-0.4, -0.2) is 60.3 Å². The molecule has 1 amide bonds. The van der Waals surface area contributed by atoms with Crippen molar-refractivity contribution in [2.24, 2.45) is 0 Å². The molecule has 0 spiro atoms. The molecule has 1 aliphatic rings. The molecule has 1 rings (SSSR count). The van der Waals surface area contributed by atoms with E-state index in [1.165, 1.54) is 14.0 Å². The van der Waals surface area contributed by atoms with Crippen molar-refractivity contribution in [3.8, 4) is 0 Å². The fourth-order valence-corrected chi connectivity index (χ4v) is 2.30. The summed E-state index contributed by atoms with van der Waals surface area (Å²) in [6.07, 6.45) is 1.63. The van der Waals surface area contributed by atoms with Gasteiger partial charge >= 0.3 is 5.97 Å². The third kappa shape index (κ3) is 4.62. The molecule has 0 radical (unpaired) electrons. The zero-order chi connectivity index (χ0) is 13.8. The van der Waals surface area contributed by atoms with E-state index in [-0.39, 0.29) is 5.91 Å². The fraction of sp³-hybridized carbons (Fsp3) is 0.833. The van der Waals surface area contributed by atoms with Gasteiger partial charge in [0, 0.05) is 20.0 Å². The summed E-state index contributed by atoms with van der Waals surface area (Å²) in [5.41, 5.74) is -0.727. The number of hydrogen-bond donors (Lipinski definition) is 2. The summed E-state index contributed by atoms with van der Waals surface area (Å²) in [4.78, 5) is 24.6. The molecule has 2 atom stereocenters. The summed E-state index contributed by atoms with van der Waals surface area (Å²) < 4.78 is 4.66. The number of β-amino-alcohol motifs (C(OH)–C–C–N with tert-alkyl or cyclic N) is 1. The summed E-state index contributed by atoms with van der Waals surface area (Å²) in [5, 5.41) is 12.6. The van der Waals surface area contributed by atoms with Crippen LogP contribution in [0.3, 0.4) is 0 Å². The molecule has 1 fully saturated rings. The molecule has 0 aliphatic carbocycles. The Morgan fingerprint density at radius 3 is 2.72 bits per heavy atom. The second kappa shape index (κ2) is 6.15. The van der Waals surface area contributed by atoms with Gasteiger partial charge < -0.3 is 15.2 Å². The second-order valence-electron chi connectivity index (χ2n) is 5.11. The zero-order valence-corrected chi connectivity index (χ0v) is 11.2. The van der Waals surface area contributed by atoms with Gasteiger partial charge in [-0.2, -0.15) is 0 Å². The molecule has 6 heteroatoms. The minimum Gasteiger partial charge on any atom is -0.467 e. The van der Waals surface area contributed by atoms with Gasteiger partial charge in [-0.25, -0.2) is 4.79 Å². The van der Waals surface area contributed by atoms with Crippen LogP contribution in [-0.2, 0) is 14.3 Å². The molecule has 6 nitrogen and oxygen atoms in total. The van der Waals surface area contributed by atoms with Crippen molar-refractivity contribution in [2.75, 3.05) is 26.7 Å². The first-order valence-electron chi connectivity index (χ1n) is 6.14. The van der Waals surface area contributed by atoms with E-state index in [1.807, 2.05) is 4.90 Å². The van der Waals surface area contributed by atoms with E-state index in [2.05, 4.69) is 10.1 Å². The Kier molecular flexibility index (Phi) is 5.10. The Hall–Kier alpha value is -1.14. The van der Waals surface area contributed by atoms with Crippen LogP contribution in [0.5, 0.6) is 0 Å². The van der Waals surface area contributed by atoms with Crippen molar-refractivity contribution in [1.82, 2.24) is 10.2 Å². The molecule has 2 N–H and O–H groups in total. The van der Waals surface area contributed by atoms with Crippen LogP contribution < -0.4 is 5.32 Å². The quantitative estimate of drug-likeness (QED) is 0.665. The van der Waals surface area contributed by atoms with Crippen molar-refractivity contribution in [3.05, 3.63) is 0 Å². The minimum atomic E-state index is -0.727. The molecule has 0 saturated carbocycles. The summed E-state index contributed by atoms with van der Waals surface area (Å²) in [7, 11) is 1.30. The van der Waals surface area contributed by atoms with Gasteiger partial charge in [0.05, 0.1) is 12.7 Å². The van der Waals surface area contributed by atoms with E-state index < -0.39 is 17.6 Å². The smallest absolute Gasteiger partial charge is 0.329 e. The van der Waals surface area contributed by atoms with Crippen LogP contribution in [0, 0.1) is 0 Å². The van der Waals surface area contributed by atoms with Crippen LogP contribution in [0.15, 0.2) is 0 Å². The van der Waals surface area contributed by atoms with Gasteiger partial charge in [-0.15, -0.1) is 0 Å². The minimum absolute atomic E-state index is 0.269. The largest absolute Gasteiger partial charge is 0.467 e. The summed E-state index contributed by atoms with van der Waals surface area (Å²) in [6, 6.07) is -0.679. The summed E-state index contributed by atoms with van der Waals surface area (Å²) >= 11 is 0. The number of amides is 1. The summed E-state index contributed by atoms with van der Waals surface area (Å²) in [6.45, 7) is 4.82. The number of nitrogens with zero attached hydrogens (tertiary/aromatic N) is 1. The lowest BCUT2D eigenvalue weighted by molar-refractivity contribution is -0.146. The van der Waals surface area contributed by atoms with Crippen LogP contribution in [0.2, 0.25) is 0 Å². The van der Waals surface area contributed by atoms with Crippen LogP contribution >= 0.6 is 0 Å². The molecular formula is C12H22N2O4. The molecule has 0 aromatic carbocycles. The number of carbonyl (C=O) groups is 2. The highest BCUT2D eigenvalue weighted by atomic mass is 16.5. The average Bonchev–Trinajstić information content (AvgIpc) is 2.25. The van der Waals surface area contributed by atoms with E-state index in [0.29, 0.717) is 13.1 Å². The predicted octanol–water partition coefficient (Wildman–Crippen LogP) is -0.489. The van der Waals surface area contributed by atoms with E-state index in [0.717, 1.165) is 19.4 Å². The first kappa shape index (κ1) is 14.9. The maximum absolute atomic E-state index is 11.6. The first-order valence-corrected chi connectivity index (χ1v) is 6.14. The van der Waals surface area contributed by atoms with Crippen LogP contribution in [0.1, 0.15) is 26.7 Å². The topological polar surface area (TPSA) is 78.9 Å². The number of hydrogen-bond acceptors (Lipinski definition) is 5. The summed E-state index contributed by atoms with van der Waals surface area (Å²) in [5.74, 6) is -0.732.